The number of carbonyl (C=O) groups is 2. The molecule has 40 heavy (non-hydrogen) atoms. The third kappa shape index (κ3) is 9.49. The zero-order valence-electron chi connectivity index (χ0n) is 20.4. The quantitative estimate of drug-likeness (QED) is 0.0620. The van der Waals surface area contributed by atoms with Gasteiger partial charge in [-0.1, -0.05) is 26.4 Å². The van der Waals surface area contributed by atoms with Gasteiger partial charge in [0.25, 0.3) is 5.09 Å². The molecule has 1 aliphatic heterocycles. The van der Waals surface area contributed by atoms with Crippen molar-refractivity contribution in [1.82, 2.24) is 0 Å². The molecule has 0 saturated carbocycles. The number of benzene rings is 1. The van der Waals surface area contributed by atoms with Gasteiger partial charge in [0.2, 0.25) is 12.4 Å². The van der Waals surface area contributed by atoms with Gasteiger partial charge in [-0.15, -0.1) is 10.1 Å². The van der Waals surface area contributed by atoms with Crippen molar-refractivity contribution >= 4 is 40.2 Å². The van der Waals surface area contributed by atoms with Crippen molar-refractivity contribution in [1.29, 1.82) is 0 Å². The Morgan fingerprint density at radius 3 is 2.30 bits per heavy atom. The first kappa shape index (κ1) is 33.0. The first-order valence-electron chi connectivity index (χ1n) is 10.9. The smallest absolute Gasteiger partial charge is 0.475 e. The highest BCUT2D eigenvalue weighted by Gasteiger charge is 2.66. The van der Waals surface area contributed by atoms with Crippen LogP contribution in [0.15, 0.2) is 22.6 Å². The Hall–Kier alpha value is -3.16. The van der Waals surface area contributed by atoms with E-state index in [1.54, 1.807) is 0 Å². The summed E-state index contributed by atoms with van der Waals surface area (Å²) in [5.41, 5.74) is -2.87. The third-order valence-electron chi connectivity index (χ3n) is 4.76. The molecule has 1 heterocycles. The standard InChI is InChI=1S/C20H21F8NO9S2/c1-3-12-8-14(40(24,25,26,27)28)9-13-10-15(17(20(21,22)23)38-16(12)13)18(30)36-11(2)37-19(31)34-4-6-39-7-5-35-29(32)33/h8-11,17H,3-7H2,1-2H3. The highest BCUT2D eigenvalue weighted by atomic mass is 32.5. The highest BCUT2D eigenvalue weighted by Crippen LogP contribution is 3.02. The molecular formula is C20H21F8NO9S2. The summed E-state index contributed by atoms with van der Waals surface area (Å²) in [5.74, 6) is -2.28. The van der Waals surface area contributed by atoms with Crippen LogP contribution in [0.4, 0.5) is 37.4 Å². The van der Waals surface area contributed by atoms with E-state index in [2.05, 4.69) is 19.0 Å². The predicted octanol–water partition coefficient (Wildman–Crippen LogP) is 6.60. The van der Waals surface area contributed by atoms with Gasteiger partial charge in [0, 0.05) is 24.0 Å². The fraction of sp³-hybridized carbons (Fsp3) is 0.500. The first-order chi connectivity index (χ1) is 18.1. The van der Waals surface area contributed by atoms with Gasteiger partial charge in [0.15, 0.2) is 0 Å². The summed E-state index contributed by atoms with van der Waals surface area (Å²) >= 11 is 1.10. The van der Waals surface area contributed by atoms with Gasteiger partial charge in [-0.3, -0.25) is 0 Å². The molecule has 0 saturated heterocycles. The lowest BCUT2D eigenvalue weighted by molar-refractivity contribution is -0.756. The van der Waals surface area contributed by atoms with Crippen LogP contribution >= 0.6 is 22.0 Å². The Morgan fingerprint density at radius 1 is 1.12 bits per heavy atom. The van der Waals surface area contributed by atoms with E-state index in [4.69, 9.17) is 4.74 Å². The number of nitrogens with zero attached hydrogens (tertiary/aromatic N) is 1. The van der Waals surface area contributed by atoms with E-state index in [1.807, 2.05) is 0 Å². The number of hydrogen-bond acceptors (Lipinski definition) is 10. The second kappa shape index (κ2) is 11.4. The number of carbonyl (C=O) groups excluding carboxylic acids is 2. The van der Waals surface area contributed by atoms with Crippen molar-refractivity contribution in [2.24, 2.45) is 0 Å². The number of aryl methyl sites for hydroxylation is 1. The van der Waals surface area contributed by atoms with Crippen molar-refractivity contribution < 1.29 is 71.1 Å². The maximum Gasteiger partial charge on any atom is 0.511 e. The van der Waals surface area contributed by atoms with Crippen LogP contribution in [0.2, 0.25) is 0 Å². The molecule has 0 aliphatic carbocycles. The van der Waals surface area contributed by atoms with Gasteiger partial charge < -0.3 is 23.8 Å². The molecule has 2 rings (SSSR count). The Balaban J connectivity index is 2.17. The van der Waals surface area contributed by atoms with Crippen molar-refractivity contribution in [3.8, 4) is 5.75 Å². The van der Waals surface area contributed by atoms with E-state index in [9.17, 15) is 52.3 Å². The zero-order chi connectivity index (χ0) is 30.6. The molecule has 10 nitrogen and oxygen atoms in total. The average molecular weight is 636 g/mol. The largest absolute Gasteiger partial charge is 0.511 e. The normalized spacial score (nSPS) is 17.6. The Labute approximate surface area is 224 Å². The summed E-state index contributed by atoms with van der Waals surface area (Å²) < 4.78 is 127. The van der Waals surface area contributed by atoms with E-state index in [-0.39, 0.29) is 42.9 Å². The van der Waals surface area contributed by atoms with Gasteiger partial charge in [0.05, 0.1) is 5.57 Å². The lowest BCUT2D eigenvalue weighted by atomic mass is 9.98. The van der Waals surface area contributed by atoms with E-state index in [0.717, 1.165) is 18.7 Å². The lowest BCUT2D eigenvalue weighted by Gasteiger charge is -2.41. The van der Waals surface area contributed by atoms with Crippen LogP contribution in [0, 0.1) is 10.1 Å². The number of hydrogen-bond donors (Lipinski definition) is 0. The van der Waals surface area contributed by atoms with Crippen LogP contribution in [0.1, 0.15) is 25.0 Å². The molecule has 0 N–H and O–H groups in total. The number of alkyl halides is 3. The molecule has 20 heteroatoms. The van der Waals surface area contributed by atoms with Gasteiger partial charge in [-0.2, -0.15) is 24.9 Å². The van der Waals surface area contributed by atoms with Gasteiger partial charge >= 0.3 is 28.5 Å². The third-order valence-corrected chi connectivity index (χ3v) is 6.80. The molecular weight excluding hydrogens is 614 g/mol. The van der Waals surface area contributed by atoms with Crippen molar-refractivity contribution in [3.63, 3.8) is 0 Å². The lowest BCUT2D eigenvalue weighted by Crippen LogP contribution is -2.41. The summed E-state index contributed by atoms with van der Waals surface area (Å²) in [4.78, 5) is 35.8. The monoisotopic (exact) mass is 635 g/mol. The number of rotatable bonds is 12. The number of esters is 1. The molecule has 0 spiro atoms. The molecule has 2 unspecified atom stereocenters. The summed E-state index contributed by atoms with van der Waals surface area (Å²) in [5, 5.41) is 9.00. The van der Waals surface area contributed by atoms with Gasteiger partial charge in [-0.05, 0) is 30.2 Å². The summed E-state index contributed by atoms with van der Waals surface area (Å²) in [6.07, 6.45) is -11.7. The molecule has 0 amide bonds. The molecule has 228 valence electrons. The first-order valence-corrected chi connectivity index (χ1v) is 14.0. The van der Waals surface area contributed by atoms with Crippen molar-refractivity contribution in [2.75, 3.05) is 24.7 Å². The zero-order valence-corrected chi connectivity index (χ0v) is 22.0. The second-order valence-electron chi connectivity index (χ2n) is 7.82. The highest BCUT2D eigenvalue weighted by molar-refractivity contribution is 8.45. The fourth-order valence-corrected chi connectivity index (χ4v) is 4.43. The van der Waals surface area contributed by atoms with Crippen molar-refractivity contribution in [2.45, 2.75) is 43.7 Å². The molecule has 1 aliphatic rings. The van der Waals surface area contributed by atoms with Crippen LogP contribution in [0.25, 0.3) is 6.08 Å². The van der Waals surface area contributed by atoms with Gasteiger partial charge in [0.1, 0.15) is 23.9 Å². The molecule has 0 bridgehead atoms. The van der Waals surface area contributed by atoms with Gasteiger partial charge in [-0.25, -0.2) is 9.59 Å². The summed E-state index contributed by atoms with van der Waals surface area (Å²) in [7, 11) is -10.3. The maximum absolute atomic E-state index is 13.7. The Bertz CT molecular complexity index is 1180. The fourth-order valence-electron chi connectivity index (χ4n) is 3.12. The molecule has 2 atom stereocenters. The minimum Gasteiger partial charge on any atom is -0.475 e. The number of fused-ring (bicyclic) bond motifs is 1. The summed E-state index contributed by atoms with van der Waals surface area (Å²) in [6, 6.07) is -0.139. The van der Waals surface area contributed by atoms with Crippen LogP contribution < -0.4 is 4.74 Å². The molecule has 0 aromatic heterocycles. The molecule has 1 aromatic rings. The molecule has 1 aromatic carbocycles. The molecule has 0 fully saturated rings. The number of thioether (sulfide) groups is 1. The van der Waals surface area contributed by atoms with Crippen LogP contribution in [-0.4, -0.2) is 60.5 Å². The Morgan fingerprint density at radius 2 is 1.75 bits per heavy atom. The minimum atomic E-state index is -10.3. The number of halogens is 8. The SMILES string of the molecule is CCc1cc(S(F)(F)(F)(F)F)cc2c1OC(C(F)(F)F)C(C(=O)OC(C)OC(=O)OCCSCCO[N+](=O)[O-])=C2. The van der Waals surface area contributed by atoms with Crippen LogP contribution in [0.3, 0.4) is 0 Å². The molecule has 0 radical (unpaired) electrons. The minimum absolute atomic E-state index is 0.00853. The van der Waals surface area contributed by atoms with E-state index in [0.29, 0.717) is 0 Å². The summed E-state index contributed by atoms with van der Waals surface area (Å²) in [6.45, 7) is 1.61. The topological polar surface area (TPSA) is 123 Å². The Kier molecular flexibility index (Phi) is 9.40. The predicted molar refractivity (Wildman–Crippen MR) is 124 cm³/mol. The van der Waals surface area contributed by atoms with E-state index in [1.165, 1.54) is 6.92 Å². The van der Waals surface area contributed by atoms with E-state index >= 15 is 0 Å². The van der Waals surface area contributed by atoms with Crippen molar-refractivity contribution in [3.05, 3.63) is 38.9 Å². The maximum atomic E-state index is 13.7. The van der Waals surface area contributed by atoms with E-state index < -0.39 is 79.8 Å². The van der Waals surface area contributed by atoms with Crippen LogP contribution in [-0.2, 0) is 30.3 Å². The number of ether oxygens (including phenoxy) is 4. The second-order valence-corrected chi connectivity index (χ2v) is 11.5. The van der Waals surface area contributed by atoms with Crippen LogP contribution in [0.5, 0.6) is 5.75 Å². The average Bonchev–Trinajstić information content (AvgIpc) is 2.79.